The lowest BCUT2D eigenvalue weighted by Gasteiger charge is -2.27. The molecule has 3 aliphatic rings. The largest absolute Gasteiger partial charge is 0.456 e. The van der Waals surface area contributed by atoms with Gasteiger partial charge in [0.25, 0.3) is 0 Å². The summed E-state index contributed by atoms with van der Waals surface area (Å²) in [7, 11) is 0. The Labute approximate surface area is 244 Å². The molecule has 0 saturated carbocycles. The average molecular weight is 548 g/mol. The number of ether oxygens (including phenoxy) is 1. The first-order valence-electron chi connectivity index (χ1n) is 14.9. The SMILES string of the molecule is c1cc2c3c(c1)-c1cccc[n+]1C31c3c(ccc4c5cc6c7ccccc7c7ccccc7c6cc5n5cc[n+]1c5c34)O2. The van der Waals surface area contributed by atoms with E-state index in [2.05, 4.69) is 141 Å². The third-order valence-corrected chi connectivity index (χ3v) is 10.4. The van der Waals surface area contributed by atoms with Gasteiger partial charge < -0.3 is 4.74 Å². The van der Waals surface area contributed by atoms with Gasteiger partial charge in [0.15, 0.2) is 6.20 Å². The fourth-order valence-corrected chi connectivity index (χ4v) is 8.89. The van der Waals surface area contributed by atoms with Crippen molar-refractivity contribution in [1.82, 2.24) is 4.40 Å². The molecule has 0 saturated heterocycles. The van der Waals surface area contributed by atoms with Crippen molar-refractivity contribution in [2.45, 2.75) is 5.66 Å². The number of fused-ring (bicyclic) bond motifs is 11. The van der Waals surface area contributed by atoms with E-state index in [0.717, 1.165) is 11.5 Å². The van der Waals surface area contributed by atoms with E-state index in [-0.39, 0.29) is 0 Å². The van der Waals surface area contributed by atoms with Crippen molar-refractivity contribution in [3.05, 3.63) is 139 Å². The maximum Gasteiger partial charge on any atom is 0.371 e. The van der Waals surface area contributed by atoms with Gasteiger partial charge in [0.2, 0.25) is 5.69 Å². The lowest BCUT2D eigenvalue weighted by molar-refractivity contribution is -0.950. The van der Waals surface area contributed by atoms with Crippen LogP contribution < -0.4 is 13.9 Å². The number of rotatable bonds is 0. The summed E-state index contributed by atoms with van der Waals surface area (Å²) in [4.78, 5) is 0. The van der Waals surface area contributed by atoms with E-state index in [1.807, 2.05) is 0 Å². The van der Waals surface area contributed by atoms with Crippen molar-refractivity contribution in [3.63, 3.8) is 0 Å². The van der Waals surface area contributed by atoms with Crippen molar-refractivity contribution in [2.75, 3.05) is 0 Å². The lowest BCUT2D eigenvalue weighted by Crippen LogP contribution is -2.71. The van der Waals surface area contributed by atoms with Gasteiger partial charge in [0, 0.05) is 22.9 Å². The highest BCUT2D eigenvalue weighted by molar-refractivity contribution is 6.29. The first-order valence-corrected chi connectivity index (χ1v) is 14.9. The van der Waals surface area contributed by atoms with E-state index in [1.54, 1.807) is 0 Å². The molecule has 1 unspecified atom stereocenters. The van der Waals surface area contributed by atoms with Gasteiger partial charge in [-0.3, -0.25) is 0 Å². The summed E-state index contributed by atoms with van der Waals surface area (Å²) < 4.78 is 14.1. The van der Waals surface area contributed by atoms with E-state index in [1.165, 1.54) is 82.0 Å². The smallest absolute Gasteiger partial charge is 0.371 e. The minimum absolute atomic E-state index is 0.539. The Morgan fingerprint density at radius 3 is 2.07 bits per heavy atom. The number of aromatic nitrogens is 3. The second kappa shape index (κ2) is 6.66. The van der Waals surface area contributed by atoms with E-state index in [4.69, 9.17) is 4.74 Å². The molecule has 0 amide bonds. The molecule has 0 aliphatic carbocycles. The Morgan fingerprint density at radius 2 is 1.26 bits per heavy atom. The predicted octanol–water partition coefficient (Wildman–Crippen LogP) is 7.98. The number of hydrogen-bond donors (Lipinski definition) is 0. The van der Waals surface area contributed by atoms with Gasteiger partial charge in [-0.05, 0) is 74.8 Å². The molecule has 0 N–H and O–H groups in total. The van der Waals surface area contributed by atoms with Crippen molar-refractivity contribution in [3.8, 4) is 22.8 Å². The van der Waals surface area contributed by atoms with Crippen molar-refractivity contribution in [2.24, 2.45) is 0 Å². The molecule has 6 aromatic carbocycles. The standard InChI is InChI=1S/C39H21N3O/c1-3-10-24-22(8-1)23-9-2-4-11-25(23)29-21-32-30(20-28(24)29)26-15-16-34-37-35(26)38-40(32)18-19-42(38)39(37)36-27(12-7-14-33(36)43-34)31-13-5-6-17-41(31)39/h1-21H/q+2. The van der Waals surface area contributed by atoms with Gasteiger partial charge in [-0.25, -0.2) is 0 Å². The Bertz CT molecular complexity index is 2830. The predicted molar refractivity (Wildman–Crippen MR) is 169 cm³/mol. The fraction of sp³-hybridized carbons (Fsp3) is 0.0256. The summed E-state index contributed by atoms with van der Waals surface area (Å²) in [6, 6.07) is 40.0. The third-order valence-electron chi connectivity index (χ3n) is 10.4. The molecule has 4 nitrogen and oxygen atoms in total. The Morgan fingerprint density at radius 1 is 0.535 bits per heavy atom. The highest BCUT2D eigenvalue weighted by Gasteiger charge is 2.67. The monoisotopic (exact) mass is 547 g/mol. The summed E-state index contributed by atoms with van der Waals surface area (Å²) in [6.45, 7) is 0. The molecule has 3 aromatic heterocycles. The number of benzene rings is 6. The van der Waals surface area contributed by atoms with Gasteiger partial charge in [-0.2, -0.15) is 8.97 Å². The van der Waals surface area contributed by atoms with Crippen molar-refractivity contribution >= 4 is 59.6 Å². The van der Waals surface area contributed by atoms with E-state index in [0.29, 0.717) is 0 Å². The maximum absolute atomic E-state index is 6.73. The van der Waals surface area contributed by atoms with Gasteiger partial charge in [0.05, 0.1) is 10.9 Å². The second-order valence-corrected chi connectivity index (χ2v) is 12.1. The minimum Gasteiger partial charge on any atom is -0.456 e. The van der Waals surface area contributed by atoms with E-state index >= 15 is 0 Å². The fourth-order valence-electron chi connectivity index (χ4n) is 8.89. The molecule has 43 heavy (non-hydrogen) atoms. The average Bonchev–Trinajstić information content (AvgIpc) is 3.73. The maximum atomic E-state index is 6.73. The summed E-state index contributed by atoms with van der Waals surface area (Å²) in [5.74, 6) is 1.87. The van der Waals surface area contributed by atoms with Crippen LogP contribution in [-0.4, -0.2) is 4.40 Å². The quantitative estimate of drug-likeness (QED) is 0.107. The second-order valence-electron chi connectivity index (χ2n) is 12.1. The Balaban J connectivity index is 1.35. The van der Waals surface area contributed by atoms with Crippen LogP contribution in [0.5, 0.6) is 11.5 Å². The molecule has 1 spiro atoms. The molecule has 4 heteroatoms. The van der Waals surface area contributed by atoms with Gasteiger partial charge in [-0.1, -0.05) is 54.6 Å². The zero-order valence-electron chi connectivity index (χ0n) is 22.9. The van der Waals surface area contributed by atoms with Crippen LogP contribution in [0.25, 0.3) is 70.9 Å². The molecular formula is C39H21N3O+2. The number of pyridine rings is 2. The molecule has 12 rings (SSSR count). The highest BCUT2D eigenvalue weighted by Crippen LogP contribution is 2.57. The molecular weight excluding hydrogens is 526 g/mol. The van der Waals surface area contributed by atoms with Crippen molar-refractivity contribution in [1.29, 1.82) is 0 Å². The number of hydrogen-bond acceptors (Lipinski definition) is 1. The van der Waals surface area contributed by atoms with E-state index < -0.39 is 5.66 Å². The number of nitrogens with zero attached hydrogens (tertiary/aromatic N) is 3. The van der Waals surface area contributed by atoms with Crippen molar-refractivity contribution < 1.29 is 13.9 Å². The van der Waals surface area contributed by atoms with Crippen LogP contribution in [0.1, 0.15) is 11.1 Å². The molecule has 0 radical (unpaired) electrons. The molecule has 9 aromatic rings. The number of imidazole rings is 1. The van der Waals surface area contributed by atoms with Gasteiger partial charge >= 0.3 is 11.3 Å². The Hall–Kier alpha value is -5.74. The highest BCUT2D eigenvalue weighted by atomic mass is 16.5. The van der Waals surface area contributed by atoms with E-state index in [9.17, 15) is 0 Å². The molecule has 0 fully saturated rings. The van der Waals surface area contributed by atoms with Gasteiger partial charge in [0.1, 0.15) is 40.5 Å². The van der Waals surface area contributed by atoms with Crippen LogP contribution in [-0.2, 0) is 5.66 Å². The molecule has 196 valence electrons. The summed E-state index contributed by atoms with van der Waals surface area (Å²) in [5.41, 5.74) is 6.78. The summed E-state index contributed by atoms with van der Waals surface area (Å²) >= 11 is 0. The van der Waals surface area contributed by atoms with Crippen LogP contribution in [0.2, 0.25) is 0 Å². The molecule has 1 atom stereocenters. The minimum atomic E-state index is -0.539. The van der Waals surface area contributed by atoms with Crippen LogP contribution in [0.4, 0.5) is 0 Å². The zero-order chi connectivity index (χ0) is 27.6. The summed E-state index contributed by atoms with van der Waals surface area (Å²) in [5, 5.41) is 11.5. The van der Waals surface area contributed by atoms with Gasteiger partial charge in [-0.15, -0.1) is 4.57 Å². The van der Waals surface area contributed by atoms with Crippen LogP contribution in [0.3, 0.4) is 0 Å². The zero-order valence-corrected chi connectivity index (χ0v) is 22.9. The first-order chi connectivity index (χ1) is 21.3. The Kier molecular flexibility index (Phi) is 3.26. The lowest BCUT2D eigenvalue weighted by atomic mass is 9.85. The normalized spacial score (nSPS) is 17.1. The molecule has 6 heterocycles. The van der Waals surface area contributed by atoms with Crippen LogP contribution in [0, 0.1) is 0 Å². The molecule has 0 bridgehead atoms. The topological polar surface area (TPSA) is 21.4 Å². The third kappa shape index (κ3) is 2.07. The first kappa shape index (κ1) is 21.0. The summed E-state index contributed by atoms with van der Waals surface area (Å²) in [6.07, 6.45) is 6.78. The molecule has 3 aliphatic heterocycles. The van der Waals surface area contributed by atoms with Crippen LogP contribution >= 0.6 is 0 Å². The van der Waals surface area contributed by atoms with Crippen LogP contribution in [0.15, 0.2) is 128 Å².